The number of aliphatic hydroxyl groups is 1. The third kappa shape index (κ3) is 3.46. The van der Waals surface area contributed by atoms with Crippen molar-refractivity contribution in [3.8, 4) is 0 Å². The summed E-state index contributed by atoms with van der Waals surface area (Å²) in [6, 6.07) is 6.60. The maximum Gasteiger partial charge on any atom is 0.209 e. The Hall–Kier alpha value is -0.660. The van der Waals surface area contributed by atoms with Crippen LogP contribution in [0.4, 0.5) is 0 Å². The summed E-state index contributed by atoms with van der Waals surface area (Å²) in [5.41, 5.74) is 0.568. The Morgan fingerprint density at radius 2 is 2.05 bits per heavy atom. The summed E-state index contributed by atoms with van der Waals surface area (Å²) >= 11 is 5.81. The predicted octanol–water partition coefficient (Wildman–Crippen LogP) is 0.945. The molecular weight excluding hydrogens is 292 g/mol. The summed E-state index contributed by atoms with van der Waals surface area (Å²) in [5.74, 6) is -1.68. The van der Waals surface area contributed by atoms with Crippen molar-refractivity contribution in [3.63, 3.8) is 0 Å². The van der Waals surface area contributed by atoms with E-state index >= 15 is 0 Å². The Labute approximate surface area is 117 Å². The Kier molecular flexibility index (Phi) is 4.17. The van der Waals surface area contributed by atoms with Crippen LogP contribution in [0.2, 0.25) is 5.02 Å². The Balaban J connectivity index is 2.37. The van der Waals surface area contributed by atoms with Gasteiger partial charge in [-0.25, -0.2) is 8.42 Å². The van der Waals surface area contributed by atoms with Gasteiger partial charge in [-0.15, -0.1) is 0 Å². The van der Waals surface area contributed by atoms with E-state index in [1.807, 2.05) is 0 Å². The molecule has 1 aliphatic heterocycles. The first-order chi connectivity index (χ1) is 8.85. The van der Waals surface area contributed by atoms with Crippen LogP contribution in [0.25, 0.3) is 0 Å². The van der Waals surface area contributed by atoms with Crippen molar-refractivity contribution >= 4 is 21.4 Å². The Morgan fingerprint density at radius 3 is 2.53 bits per heavy atom. The number of aliphatic hydroxyl groups excluding tert-OH is 1. The van der Waals surface area contributed by atoms with Gasteiger partial charge in [0.25, 0.3) is 0 Å². The van der Waals surface area contributed by atoms with E-state index < -0.39 is 21.7 Å². The fourth-order valence-corrected chi connectivity index (χ4v) is 3.15. The molecule has 0 bridgehead atoms. The van der Waals surface area contributed by atoms with Crippen LogP contribution in [0.1, 0.15) is 5.56 Å². The molecule has 19 heavy (non-hydrogen) atoms. The monoisotopic (exact) mass is 306 g/mol. The van der Waals surface area contributed by atoms with Gasteiger partial charge in [0, 0.05) is 16.8 Å². The SMILES string of the molecule is CS(=O)(=O)C[C@]1(c2ccc(Cl)cc2)OC[C@@H](CO)O1. The Bertz CT molecular complexity index is 542. The van der Waals surface area contributed by atoms with E-state index in [-0.39, 0.29) is 19.0 Å². The summed E-state index contributed by atoms with van der Waals surface area (Å²) in [6.45, 7) is -0.0756. The van der Waals surface area contributed by atoms with Crippen molar-refractivity contribution in [1.29, 1.82) is 0 Å². The minimum absolute atomic E-state index is 0.147. The molecule has 1 aliphatic rings. The van der Waals surface area contributed by atoms with E-state index in [1.54, 1.807) is 24.3 Å². The topological polar surface area (TPSA) is 72.8 Å². The quantitative estimate of drug-likeness (QED) is 0.896. The maximum atomic E-state index is 11.6. The molecule has 1 fully saturated rings. The lowest BCUT2D eigenvalue weighted by Gasteiger charge is -2.27. The van der Waals surface area contributed by atoms with Crippen molar-refractivity contribution < 1.29 is 23.0 Å². The second kappa shape index (κ2) is 5.38. The normalized spacial score (nSPS) is 27.6. The number of hydrogen-bond acceptors (Lipinski definition) is 5. The molecule has 0 amide bonds. The lowest BCUT2D eigenvalue weighted by Crippen LogP contribution is -2.36. The molecule has 0 aliphatic carbocycles. The standard InChI is InChI=1S/C12H15ClO5S/c1-19(15,16)8-12(17-7-11(6-14)18-12)9-2-4-10(13)5-3-9/h2-5,11,14H,6-8H2,1H3/t11-,12+/m1/s1. The molecule has 1 saturated heterocycles. The molecule has 0 aromatic heterocycles. The van der Waals surface area contributed by atoms with Gasteiger partial charge < -0.3 is 14.6 Å². The average molecular weight is 307 g/mol. The van der Waals surface area contributed by atoms with Gasteiger partial charge in [0.2, 0.25) is 5.79 Å². The van der Waals surface area contributed by atoms with Crippen LogP contribution in [0.15, 0.2) is 24.3 Å². The summed E-state index contributed by atoms with van der Waals surface area (Å²) in [7, 11) is -3.32. The van der Waals surface area contributed by atoms with Gasteiger partial charge in [-0.2, -0.15) is 0 Å². The van der Waals surface area contributed by atoms with Gasteiger partial charge in [0.05, 0.1) is 13.2 Å². The number of rotatable bonds is 4. The zero-order valence-corrected chi connectivity index (χ0v) is 11.9. The zero-order valence-electron chi connectivity index (χ0n) is 10.4. The molecule has 5 nitrogen and oxygen atoms in total. The van der Waals surface area contributed by atoms with Gasteiger partial charge in [-0.1, -0.05) is 23.7 Å². The third-order valence-corrected chi connectivity index (χ3v) is 3.96. The fourth-order valence-electron chi connectivity index (χ4n) is 2.01. The molecule has 1 aromatic carbocycles. The molecule has 0 unspecified atom stereocenters. The molecule has 0 saturated carbocycles. The smallest absolute Gasteiger partial charge is 0.209 e. The molecule has 2 atom stereocenters. The van der Waals surface area contributed by atoms with Crippen molar-refractivity contribution in [2.75, 3.05) is 25.2 Å². The van der Waals surface area contributed by atoms with E-state index in [0.717, 1.165) is 6.26 Å². The van der Waals surface area contributed by atoms with Crippen LogP contribution >= 0.6 is 11.6 Å². The molecule has 1 N–H and O–H groups in total. The van der Waals surface area contributed by atoms with Crippen LogP contribution in [-0.4, -0.2) is 44.9 Å². The number of hydrogen-bond donors (Lipinski definition) is 1. The number of benzene rings is 1. The van der Waals surface area contributed by atoms with Gasteiger partial charge in [-0.05, 0) is 12.1 Å². The van der Waals surface area contributed by atoms with E-state index in [4.69, 9.17) is 26.2 Å². The highest BCUT2D eigenvalue weighted by Gasteiger charge is 2.45. The van der Waals surface area contributed by atoms with Crippen LogP contribution < -0.4 is 0 Å². The Morgan fingerprint density at radius 1 is 1.42 bits per heavy atom. The number of halogens is 1. The summed E-state index contributed by atoms with van der Waals surface area (Å²) in [6.07, 6.45) is 0.585. The van der Waals surface area contributed by atoms with E-state index in [2.05, 4.69) is 0 Å². The van der Waals surface area contributed by atoms with E-state index in [0.29, 0.717) is 10.6 Å². The molecule has 0 spiro atoms. The largest absolute Gasteiger partial charge is 0.394 e. The van der Waals surface area contributed by atoms with Crippen LogP contribution in [-0.2, 0) is 25.1 Å². The van der Waals surface area contributed by atoms with Gasteiger partial charge in [0.1, 0.15) is 11.9 Å². The molecular formula is C12H15ClO5S. The molecule has 2 rings (SSSR count). The highest BCUT2D eigenvalue weighted by Crippen LogP contribution is 2.36. The average Bonchev–Trinajstić information content (AvgIpc) is 2.72. The molecule has 1 heterocycles. The molecule has 0 radical (unpaired) electrons. The maximum absolute atomic E-state index is 11.6. The highest BCUT2D eigenvalue weighted by molar-refractivity contribution is 7.90. The first kappa shape index (κ1) is 14.7. The van der Waals surface area contributed by atoms with Gasteiger partial charge in [0.15, 0.2) is 9.84 Å². The van der Waals surface area contributed by atoms with Crippen LogP contribution in [0, 0.1) is 0 Å². The van der Waals surface area contributed by atoms with Crippen molar-refractivity contribution in [2.24, 2.45) is 0 Å². The molecule has 7 heteroatoms. The van der Waals surface area contributed by atoms with Crippen molar-refractivity contribution in [1.82, 2.24) is 0 Å². The summed E-state index contributed by atoms with van der Waals surface area (Å²) < 4.78 is 34.3. The minimum Gasteiger partial charge on any atom is -0.394 e. The fraction of sp³-hybridized carbons (Fsp3) is 0.500. The first-order valence-corrected chi connectivity index (χ1v) is 8.15. The predicted molar refractivity (Wildman–Crippen MR) is 70.8 cm³/mol. The zero-order chi connectivity index (χ0) is 14.1. The van der Waals surface area contributed by atoms with Gasteiger partial charge in [-0.3, -0.25) is 0 Å². The highest BCUT2D eigenvalue weighted by atomic mass is 35.5. The number of sulfone groups is 1. The van der Waals surface area contributed by atoms with Crippen molar-refractivity contribution in [3.05, 3.63) is 34.9 Å². The van der Waals surface area contributed by atoms with E-state index in [1.165, 1.54) is 0 Å². The lowest BCUT2D eigenvalue weighted by molar-refractivity contribution is -0.162. The first-order valence-electron chi connectivity index (χ1n) is 5.71. The summed E-state index contributed by atoms with van der Waals surface area (Å²) in [5, 5.41) is 9.65. The second-order valence-electron chi connectivity index (χ2n) is 4.56. The third-order valence-electron chi connectivity index (χ3n) is 2.80. The van der Waals surface area contributed by atoms with Crippen LogP contribution in [0.5, 0.6) is 0 Å². The minimum atomic E-state index is -3.32. The van der Waals surface area contributed by atoms with Crippen LogP contribution in [0.3, 0.4) is 0 Å². The van der Waals surface area contributed by atoms with Gasteiger partial charge >= 0.3 is 0 Å². The molecule has 106 valence electrons. The lowest BCUT2D eigenvalue weighted by atomic mass is 10.1. The van der Waals surface area contributed by atoms with E-state index in [9.17, 15) is 8.42 Å². The summed E-state index contributed by atoms with van der Waals surface area (Å²) in [4.78, 5) is 0. The van der Waals surface area contributed by atoms with Crippen molar-refractivity contribution in [2.45, 2.75) is 11.9 Å². The number of ether oxygens (including phenoxy) is 2. The molecule has 1 aromatic rings. The second-order valence-corrected chi connectivity index (χ2v) is 7.14.